The number of benzene rings is 1. The Bertz CT molecular complexity index is 610. The number of nitrogens with one attached hydrogen (secondary N) is 2. The molecule has 1 aliphatic rings. The Morgan fingerprint density at radius 3 is 3.10 bits per heavy atom. The van der Waals surface area contributed by atoms with Gasteiger partial charge in [-0.15, -0.1) is 0 Å². The summed E-state index contributed by atoms with van der Waals surface area (Å²) in [5.74, 6) is -0.0123. The zero-order valence-corrected chi connectivity index (χ0v) is 11.2. The summed E-state index contributed by atoms with van der Waals surface area (Å²) in [4.78, 5) is 16.0. The van der Waals surface area contributed by atoms with Gasteiger partial charge >= 0.3 is 0 Å². The van der Waals surface area contributed by atoms with Gasteiger partial charge in [-0.25, -0.2) is 0 Å². The van der Waals surface area contributed by atoms with Gasteiger partial charge in [-0.1, -0.05) is 18.2 Å². The number of amides is 1. The third-order valence-electron chi connectivity index (χ3n) is 3.47. The lowest BCUT2D eigenvalue weighted by atomic mass is 9.97. The first-order chi connectivity index (χ1) is 9.81. The van der Waals surface area contributed by atoms with Crippen molar-refractivity contribution < 1.29 is 4.79 Å². The van der Waals surface area contributed by atoms with E-state index < -0.39 is 0 Å². The normalized spacial score (nSPS) is 13.6. The van der Waals surface area contributed by atoms with E-state index in [-0.39, 0.29) is 5.91 Å². The molecule has 1 aliphatic heterocycles. The molecule has 0 atom stereocenters. The predicted molar refractivity (Wildman–Crippen MR) is 78.4 cm³/mol. The number of nitrogens with zero attached hydrogens (tertiary/aromatic N) is 1. The van der Waals surface area contributed by atoms with Gasteiger partial charge in [-0.3, -0.25) is 9.78 Å². The van der Waals surface area contributed by atoms with Crippen molar-refractivity contribution in [2.45, 2.75) is 19.4 Å². The summed E-state index contributed by atoms with van der Waals surface area (Å²) in [7, 11) is 0. The van der Waals surface area contributed by atoms with Crippen LogP contribution in [-0.4, -0.2) is 17.4 Å². The molecule has 1 amide bonds. The van der Waals surface area contributed by atoms with E-state index in [2.05, 4.69) is 27.8 Å². The molecule has 0 unspecified atom stereocenters. The molecule has 3 rings (SSSR count). The number of carbonyl (C=O) groups is 1. The fourth-order valence-corrected chi connectivity index (χ4v) is 2.47. The molecular weight excluding hydrogens is 250 g/mol. The Labute approximate surface area is 118 Å². The van der Waals surface area contributed by atoms with Gasteiger partial charge in [-0.2, -0.15) is 0 Å². The standard InChI is InChI=1S/C16H17N3O/c20-16(19-15-2-1-6-17-11-15)9-12-3-4-13-5-7-18-10-14(13)8-12/h1-4,6,8,11,18H,5,7,9-10H2,(H,19,20). The molecule has 2 heterocycles. The smallest absolute Gasteiger partial charge is 0.228 e. The van der Waals surface area contributed by atoms with Crippen LogP contribution in [0.15, 0.2) is 42.7 Å². The molecule has 4 heteroatoms. The van der Waals surface area contributed by atoms with E-state index >= 15 is 0 Å². The van der Waals surface area contributed by atoms with Crippen LogP contribution < -0.4 is 10.6 Å². The lowest BCUT2D eigenvalue weighted by molar-refractivity contribution is -0.115. The van der Waals surface area contributed by atoms with Crippen LogP contribution in [0, 0.1) is 0 Å². The van der Waals surface area contributed by atoms with Crippen molar-refractivity contribution in [3.8, 4) is 0 Å². The van der Waals surface area contributed by atoms with Gasteiger partial charge in [0.25, 0.3) is 0 Å². The Hall–Kier alpha value is -2.20. The van der Waals surface area contributed by atoms with E-state index in [4.69, 9.17) is 0 Å². The minimum Gasteiger partial charge on any atom is -0.324 e. The number of fused-ring (bicyclic) bond motifs is 1. The molecule has 4 nitrogen and oxygen atoms in total. The van der Waals surface area contributed by atoms with Crippen LogP contribution in [0.4, 0.5) is 5.69 Å². The maximum Gasteiger partial charge on any atom is 0.228 e. The van der Waals surface area contributed by atoms with Gasteiger partial charge in [0.05, 0.1) is 18.3 Å². The Morgan fingerprint density at radius 2 is 2.25 bits per heavy atom. The Morgan fingerprint density at radius 1 is 1.30 bits per heavy atom. The summed E-state index contributed by atoms with van der Waals surface area (Å²) in [6.07, 6.45) is 4.79. The Kier molecular flexibility index (Phi) is 3.74. The molecule has 0 fully saturated rings. The maximum absolute atomic E-state index is 12.0. The van der Waals surface area contributed by atoms with E-state index in [9.17, 15) is 4.79 Å². The predicted octanol–water partition coefficient (Wildman–Crippen LogP) is 1.91. The minimum absolute atomic E-state index is 0.0123. The van der Waals surface area contributed by atoms with Crippen LogP contribution in [0.2, 0.25) is 0 Å². The highest BCUT2D eigenvalue weighted by atomic mass is 16.1. The SMILES string of the molecule is O=C(Cc1ccc2c(c1)CNCC2)Nc1cccnc1. The molecule has 2 aromatic rings. The van der Waals surface area contributed by atoms with E-state index in [1.165, 1.54) is 11.1 Å². The minimum atomic E-state index is -0.0123. The van der Waals surface area contributed by atoms with Crippen molar-refractivity contribution in [1.29, 1.82) is 0 Å². The number of aromatic nitrogens is 1. The van der Waals surface area contributed by atoms with E-state index in [0.29, 0.717) is 6.42 Å². The molecule has 0 spiro atoms. The van der Waals surface area contributed by atoms with E-state index in [1.807, 2.05) is 12.1 Å². The zero-order valence-electron chi connectivity index (χ0n) is 11.2. The van der Waals surface area contributed by atoms with Crippen LogP contribution in [0.5, 0.6) is 0 Å². The van der Waals surface area contributed by atoms with Crippen LogP contribution in [0.3, 0.4) is 0 Å². The molecule has 1 aromatic heterocycles. The van der Waals surface area contributed by atoms with Crippen LogP contribution in [0.25, 0.3) is 0 Å². The van der Waals surface area contributed by atoms with Crippen molar-refractivity contribution in [3.63, 3.8) is 0 Å². The highest BCUT2D eigenvalue weighted by Crippen LogP contribution is 2.16. The monoisotopic (exact) mass is 267 g/mol. The maximum atomic E-state index is 12.0. The first kappa shape index (κ1) is 12.8. The fourth-order valence-electron chi connectivity index (χ4n) is 2.47. The highest BCUT2D eigenvalue weighted by Gasteiger charge is 2.10. The largest absolute Gasteiger partial charge is 0.324 e. The summed E-state index contributed by atoms with van der Waals surface area (Å²) in [5, 5.41) is 6.21. The second-order valence-corrected chi connectivity index (χ2v) is 5.00. The number of pyridine rings is 1. The highest BCUT2D eigenvalue weighted by molar-refractivity contribution is 5.92. The van der Waals surface area contributed by atoms with Gasteiger partial charge < -0.3 is 10.6 Å². The molecule has 0 aliphatic carbocycles. The van der Waals surface area contributed by atoms with Crippen molar-refractivity contribution in [2.75, 3.05) is 11.9 Å². The topological polar surface area (TPSA) is 54.0 Å². The fraction of sp³-hybridized carbons (Fsp3) is 0.250. The summed E-state index contributed by atoms with van der Waals surface area (Å²) < 4.78 is 0. The number of carbonyl (C=O) groups excluding carboxylic acids is 1. The molecule has 0 bridgehead atoms. The summed E-state index contributed by atoms with van der Waals surface area (Å²) in [5.41, 5.74) is 4.48. The second-order valence-electron chi connectivity index (χ2n) is 5.00. The van der Waals surface area contributed by atoms with Gasteiger partial charge in [0.1, 0.15) is 0 Å². The van der Waals surface area contributed by atoms with Gasteiger partial charge in [0.2, 0.25) is 5.91 Å². The number of hydrogen-bond donors (Lipinski definition) is 2. The molecule has 0 saturated heterocycles. The van der Waals surface area contributed by atoms with Gasteiger partial charge in [0.15, 0.2) is 0 Å². The molecule has 102 valence electrons. The van der Waals surface area contributed by atoms with Crippen molar-refractivity contribution >= 4 is 11.6 Å². The van der Waals surface area contributed by atoms with Gasteiger partial charge in [-0.05, 0) is 41.8 Å². The average molecular weight is 267 g/mol. The zero-order chi connectivity index (χ0) is 13.8. The molecule has 0 saturated carbocycles. The molecule has 0 radical (unpaired) electrons. The first-order valence-corrected chi connectivity index (χ1v) is 6.82. The number of anilines is 1. The average Bonchev–Trinajstić information content (AvgIpc) is 2.48. The third-order valence-corrected chi connectivity index (χ3v) is 3.47. The quantitative estimate of drug-likeness (QED) is 0.893. The Balaban J connectivity index is 1.67. The van der Waals surface area contributed by atoms with E-state index in [0.717, 1.165) is 30.8 Å². The summed E-state index contributed by atoms with van der Waals surface area (Å²) >= 11 is 0. The second kappa shape index (κ2) is 5.84. The molecule has 1 aromatic carbocycles. The summed E-state index contributed by atoms with van der Waals surface area (Å²) in [6, 6.07) is 9.96. The molecular formula is C16H17N3O. The molecule has 2 N–H and O–H groups in total. The van der Waals surface area contributed by atoms with Crippen LogP contribution in [0.1, 0.15) is 16.7 Å². The van der Waals surface area contributed by atoms with Crippen LogP contribution >= 0.6 is 0 Å². The third kappa shape index (κ3) is 3.03. The van der Waals surface area contributed by atoms with Crippen molar-refractivity contribution in [2.24, 2.45) is 0 Å². The first-order valence-electron chi connectivity index (χ1n) is 6.82. The summed E-state index contributed by atoms with van der Waals surface area (Å²) in [6.45, 7) is 1.93. The van der Waals surface area contributed by atoms with E-state index in [1.54, 1.807) is 18.5 Å². The lowest BCUT2D eigenvalue weighted by Crippen LogP contribution is -2.24. The van der Waals surface area contributed by atoms with Crippen molar-refractivity contribution in [3.05, 3.63) is 59.4 Å². The van der Waals surface area contributed by atoms with Gasteiger partial charge in [0, 0.05) is 12.7 Å². The van der Waals surface area contributed by atoms with Crippen molar-refractivity contribution in [1.82, 2.24) is 10.3 Å². The molecule has 20 heavy (non-hydrogen) atoms. The number of rotatable bonds is 3. The van der Waals surface area contributed by atoms with Crippen LogP contribution in [-0.2, 0) is 24.2 Å². The number of hydrogen-bond acceptors (Lipinski definition) is 3. The lowest BCUT2D eigenvalue weighted by Gasteiger charge is -2.17.